The third kappa shape index (κ3) is 3.80. The van der Waals surface area contributed by atoms with E-state index in [4.69, 9.17) is 9.47 Å². The first-order valence-electron chi connectivity index (χ1n) is 5.36. The van der Waals surface area contributed by atoms with E-state index in [0.29, 0.717) is 26.4 Å². The summed E-state index contributed by atoms with van der Waals surface area (Å²) in [4.78, 5) is 13.6. The topological polar surface area (TPSA) is 38.8 Å². The van der Waals surface area contributed by atoms with Gasteiger partial charge in [-0.1, -0.05) is 20.8 Å². The molecule has 0 aromatic heterocycles. The highest BCUT2D eigenvalue weighted by atomic mass is 16.6. The molecule has 0 saturated carbocycles. The van der Waals surface area contributed by atoms with Crippen LogP contribution in [0.2, 0.25) is 0 Å². The Morgan fingerprint density at radius 1 is 1.40 bits per heavy atom. The molecule has 0 radical (unpaired) electrons. The molecular weight excluding hydrogens is 194 g/mol. The third-order valence-corrected chi connectivity index (χ3v) is 2.35. The van der Waals surface area contributed by atoms with E-state index in [2.05, 4.69) is 0 Å². The molecule has 88 valence electrons. The minimum atomic E-state index is -0.329. The highest BCUT2D eigenvalue weighted by Gasteiger charge is 2.27. The Bertz CT molecular complexity index is 216. The Kier molecular flexibility index (Phi) is 4.11. The van der Waals surface area contributed by atoms with Gasteiger partial charge in [-0.2, -0.15) is 0 Å². The highest BCUT2D eigenvalue weighted by molar-refractivity contribution is 5.81. The van der Waals surface area contributed by atoms with E-state index in [1.807, 2.05) is 27.8 Å². The minimum absolute atomic E-state index is 0.0232. The van der Waals surface area contributed by atoms with Crippen LogP contribution < -0.4 is 0 Å². The van der Waals surface area contributed by atoms with Crippen molar-refractivity contribution in [2.45, 2.75) is 26.9 Å². The van der Waals surface area contributed by atoms with Crippen LogP contribution in [-0.2, 0) is 14.3 Å². The molecule has 1 aliphatic heterocycles. The first kappa shape index (κ1) is 12.5. The van der Waals surface area contributed by atoms with Gasteiger partial charge in [-0.15, -0.1) is 0 Å². The van der Waals surface area contributed by atoms with Crippen molar-refractivity contribution in [1.82, 2.24) is 4.90 Å². The number of hydrogen-bond acceptors (Lipinski definition) is 3. The molecule has 1 atom stereocenters. The van der Waals surface area contributed by atoms with Gasteiger partial charge >= 0.3 is 0 Å². The molecule has 1 saturated heterocycles. The van der Waals surface area contributed by atoms with Crippen molar-refractivity contribution >= 4 is 5.91 Å². The Balaban J connectivity index is 2.40. The lowest BCUT2D eigenvalue weighted by atomic mass is 9.95. The molecule has 15 heavy (non-hydrogen) atoms. The molecule has 0 N–H and O–H groups in total. The summed E-state index contributed by atoms with van der Waals surface area (Å²) < 4.78 is 10.8. The Morgan fingerprint density at radius 2 is 2.07 bits per heavy atom. The average molecular weight is 215 g/mol. The normalized spacial score (nSPS) is 22.5. The lowest BCUT2D eigenvalue weighted by Gasteiger charge is -2.31. The molecule has 1 unspecified atom stereocenters. The van der Waals surface area contributed by atoms with E-state index >= 15 is 0 Å². The smallest absolute Gasteiger partial charge is 0.227 e. The number of ether oxygens (including phenoxy) is 2. The van der Waals surface area contributed by atoms with E-state index in [-0.39, 0.29) is 17.4 Å². The number of likely N-dealkylation sites (N-methyl/N-ethyl adjacent to an activating group) is 1. The molecule has 1 amide bonds. The fourth-order valence-corrected chi connectivity index (χ4v) is 1.60. The molecule has 0 aromatic rings. The SMILES string of the molecule is CN(CC1COCCO1)C(=O)C(C)(C)C. The van der Waals surface area contributed by atoms with Gasteiger partial charge in [-0.25, -0.2) is 0 Å². The summed E-state index contributed by atoms with van der Waals surface area (Å²) >= 11 is 0. The lowest BCUT2D eigenvalue weighted by Crippen LogP contribution is -2.44. The van der Waals surface area contributed by atoms with Crippen LogP contribution in [0.4, 0.5) is 0 Å². The minimum Gasteiger partial charge on any atom is -0.376 e. The lowest BCUT2D eigenvalue weighted by molar-refractivity contribution is -0.143. The van der Waals surface area contributed by atoms with Gasteiger partial charge in [-0.3, -0.25) is 4.79 Å². The van der Waals surface area contributed by atoms with E-state index < -0.39 is 0 Å². The summed E-state index contributed by atoms with van der Waals surface area (Å²) in [5, 5.41) is 0. The van der Waals surface area contributed by atoms with Gasteiger partial charge in [0, 0.05) is 19.0 Å². The molecule has 1 fully saturated rings. The maximum Gasteiger partial charge on any atom is 0.227 e. The van der Waals surface area contributed by atoms with Crippen molar-refractivity contribution in [1.29, 1.82) is 0 Å². The second-order valence-corrected chi connectivity index (χ2v) is 5.00. The van der Waals surface area contributed by atoms with Crippen molar-refractivity contribution in [3.8, 4) is 0 Å². The monoisotopic (exact) mass is 215 g/mol. The molecule has 0 aliphatic carbocycles. The van der Waals surface area contributed by atoms with Crippen LogP contribution in [0, 0.1) is 5.41 Å². The van der Waals surface area contributed by atoms with E-state index in [1.165, 1.54) is 0 Å². The quantitative estimate of drug-likeness (QED) is 0.687. The number of carbonyl (C=O) groups excluding carboxylic acids is 1. The second-order valence-electron chi connectivity index (χ2n) is 5.00. The fraction of sp³-hybridized carbons (Fsp3) is 0.909. The highest BCUT2D eigenvalue weighted by Crippen LogP contribution is 2.17. The van der Waals surface area contributed by atoms with Gasteiger partial charge in [0.2, 0.25) is 5.91 Å². The van der Waals surface area contributed by atoms with E-state index in [0.717, 1.165) is 0 Å². The van der Waals surface area contributed by atoms with Gasteiger partial charge in [-0.05, 0) is 0 Å². The Morgan fingerprint density at radius 3 is 2.53 bits per heavy atom. The molecule has 1 heterocycles. The molecule has 1 rings (SSSR count). The Labute approximate surface area is 91.5 Å². The summed E-state index contributed by atoms with van der Waals surface area (Å²) in [6.07, 6.45) is 0.0232. The summed E-state index contributed by atoms with van der Waals surface area (Å²) in [5.74, 6) is 0.136. The largest absolute Gasteiger partial charge is 0.376 e. The molecule has 0 bridgehead atoms. The number of hydrogen-bond donors (Lipinski definition) is 0. The second kappa shape index (κ2) is 4.94. The van der Waals surface area contributed by atoms with Gasteiger partial charge in [0.05, 0.1) is 25.9 Å². The molecule has 4 nitrogen and oxygen atoms in total. The van der Waals surface area contributed by atoms with Gasteiger partial charge in [0.15, 0.2) is 0 Å². The first-order chi connectivity index (χ1) is 6.91. The van der Waals surface area contributed by atoms with Crippen LogP contribution in [0.5, 0.6) is 0 Å². The fourth-order valence-electron chi connectivity index (χ4n) is 1.60. The number of amides is 1. The standard InChI is InChI=1S/C11H21NO3/c1-11(2,3)10(13)12(4)7-9-8-14-5-6-15-9/h9H,5-8H2,1-4H3. The average Bonchev–Trinajstić information content (AvgIpc) is 2.16. The van der Waals surface area contributed by atoms with Crippen molar-refractivity contribution in [3.05, 3.63) is 0 Å². The van der Waals surface area contributed by atoms with Gasteiger partial charge < -0.3 is 14.4 Å². The Hall–Kier alpha value is -0.610. The number of rotatable bonds is 2. The van der Waals surface area contributed by atoms with Crippen molar-refractivity contribution in [3.63, 3.8) is 0 Å². The maximum absolute atomic E-state index is 11.9. The predicted molar refractivity (Wildman–Crippen MR) is 57.7 cm³/mol. The summed E-state index contributed by atoms with van der Waals surface area (Å²) in [6.45, 7) is 8.24. The third-order valence-electron chi connectivity index (χ3n) is 2.35. The first-order valence-corrected chi connectivity index (χ1v) is 5.36. The number of carbonyl (C=O) groups is 1. The number of nitrogens with zero attached hydrogens (tertiary/aromatic N) is 1. The van der Waals surface area contributed by atoms with Gasteiger partial charge in [0.1, 0.15) is 0 Å². The molecule has 0 spiro atoms. The molecule has 0 aromatic carbocycles. The zero-order valence-electron chi connectivity index (χ0n) is 10.1. The van der Waals surface area contributed by atoms with Crippen LogP contribution in [-0.4, -0.2) is 50.3 Å². The van der Waals surface area contributed by atoms with Crippen LogP contribution in [0.15, 0.2) is 0 Å². The van der Waals surface area contributed by atoms with E-state index in [1.54, 1.807) is 4.90 Å². The van der Waals surface area contributed by atoms with Crippen LogP contribution in [0.25, 0.3) is 0 Å². The molecule has 4 heteroatoms. The van der Waals surface area contributed by atoms with Crippen molar-refractivity contribution < 1.29 is 14.3 Å². The maximum atomic E-state index is 11.9. The van der Waals surface area contributed by atoms with Crippen LogP contribution in [0.1, 0.15) is 20.8 Å². The summed E-state index contributed by atoms with van der Waals surface area (Å²) in [6, 6.07) is 0. The predicted octanol–water partition coefficient (Wildman–Crippen LogP) is 0.906. The zero-order chi connectivity index (χ0) is 11.5. The van der Waals surface area contributed by atoms with Crippen molar-refractivity contribution in [2.75, 3.05) is 33.4 Å². The van der Waals surface area contributed by atoms with Crippen LogP contribution >= 0.6 is 0 Å². The zero-order valence-corrected chi connectivity index (χ0v) is 10.1. The van der Waals surface area contributed by atoms with Crippen molar-refractivity contribution in [2.24, 2.45) is 5.41 Å². The molecular formula is C11H21NO3. The molecule has 1 aliphatic rings. The van der Waals surface area contributed by atoms with E-state index in [9.17, 15) is 4.79 Å². The van der Waals surface area contributed by atoms with Crippen LogP contribution in [0.3, 0.4) is 0 Å². The van der Waals surface area contributed by atoms with Gasteiger partial charge in [0.25, 0.3) is 0 Å². The summed E-state index contributed by atoms with van der Waals surface area (Å²) in [7, 11) is 1.81. The summed E-state index contributed by atoms with van der Waals surface area (Å²) in [5.41, 5.74) is -0.329.